The molecule has 0 spiro atoms. The molecule has 1 fully saturated rings. The normalized spacial score (nSPS) is 15.0. The van der Waals surface area contributed by atoms with Crippen molar-refractivity contribution in [3.63, 3.8) is 0 Å². The lowest BCUT2D eigenvalue weighted by atomic mass is 10.1. The Hall–Kier alpha value is -2.61. The van der Waals surface area contributed by atoms with E-state index in [-0.39, 0.29) is 10.8 Å². The summed E-state index contributed by atoms with van der Waals surface area (Å²) in [6.45, 7) is 5.48. The van der Waals surface area contributed by atoms with Crippen LogP contribution in [0, 0.1) is 5.82 Å². The van der Waals surface area contributed by atoms with Gasteiger partial charge in [0.15, 0.2) is 11.6 Å². The smallest absolute Gasteiger partial charge is 0.166 e. The topological polar surface area (TPSA) is 76.3 Å². The minimum atomic E-state index is -0.636. The summed E-state index contributed by atoms with van der Waals surface area (Å²) in [6.07, 6.45) is 2.83. The van der Waals surface area contributed by atoms with E-state index in [0.29, 0.717) is 16.3 Å². The molecular weight excluding hydrogens is 440 g/mol. The Labute approximate surface area is 190 Å². The van der Waals surface area contributed by atoms with Crippen LogP contribution in [0.2, 0.25) is 10.0 Å². The van der Waals surface area contributed by atoms with Crippen molar-refractivity contribution >= 4 is 34.8 Å². The Morgan fingerprint density at radius 2 is 1.84 bits per heavy atom. The summed E-state index contributed by atoms with van der Waals surface area (Å²) in [5, 5.41) is 3.57. The zero-order valence-corrected chi connectivity index (χ0v) is 18.4. The summed E-state index contributed by atoms with van der Waals surface area (Å²) in [4.78, 5) is 11.1. The molecule has 0 aliphatic carbocycles. The molecule has 31 heavy (non-hydrogen) atoms. The second kappa shape index (κ2) is 9.26. The number of nitrogens with one attached hydrogen (secondary N) is 1. The summed E-state index contributed by atoms with van der Waals surface area (Å²) in [5.41, 5.74) is 8.05. The molecule has 0 saturated carbocycles. The van der Waals surface area contributed by atoms with Gasteiger partial charge in [-0.25, -0.2) is 14.4 Å². The second-order valence-corrected chi connectivity index (χ2v) is 8.05. The van der Waals surface area contributed by atoms with Crippen molar-refractivity contribution in [1.82, 2.24) is 15.3 Å². The molecule has 0 bridgehead atoms. The largest absolute Gasteiger partial charge is 0.482 e. The number of hydrogen-bond donors (Lipinski definition) is 2. The highest BCUT2D eigenvalue weighted by atomic mass is 35.5. The molecule has 3 heterocycles. The minimum absolute atomic E-state index is 0.0737. The van der Waals surface area contributed by atoms with Gasteiger partial charge in [0.25, 0.3) is 0 Å². The number of benzene rings is 1. The van der Waals surface area contributed by atoms with E-state index >= 15 is 0 Å². The first-order valence-electron chi connectivity index (χ1n) is 9.91. The highest BCUT2D eigenvalue weighted by Crippen LogP contribution is 2.37. The van der Waals surface area contributed by atoms with E-state index in [1.165, 1.54) is 12.1 Å². The fourth-order valence-corrected chi connectivity index (χ4v) is 4.19. The molecule has 1 aliphatic rings. The molecule has 3 N–H and O–H groups in total. The van der Waals surface area contributed by atoms with Gasteiger partial charge in [0.1, 0.15) is 17.7 Å². The van der Waals surface area contributed by atoms with Gasteiger partial charge in [-0.3, -0.25) is 0 Å². The van der Waals surface area contributed by atoms with E-state index in [4.69, 9.17) is 33.7 Å². The van der Waals surface area contributed by atoms with Crippen LogP contribution in [0.4, 0.5) is 16.0 Å². The average Bonchev–Trinajstić information content (AvgIpc) is 2.79. The number of ether oxygens (including phenoxy) is 1. The van der Waals surface area contributed by atoms with Crippen molar-refractivity contribution < 1.29 is 9.13 Å². The highest BCUT2D eigenvalue weighted by Gasteiger charge is 2.20. The number of nitrogen functional groups attached to an aromatic ring is 1. The van der Waals surface area contributed by atoms with Gasteiger partial charge < -0.3 is 20.7 Å². The molecule has 0 radical (unpaired) electrons. The third-order valence-electron chi connectivity index (χ3n) is 5.19. The lowest BCUT2D eigenvalue weighted by molar-refractivity contribution is 0.227. The van der Waals surface area contributed by atoms with E-state index in [1.807, 2.05) is 12.1 Å². The summed E-state index contributed by atoms with van der Waals surface area (Å²) in [5.74, 6) is 0.943. The van der Waals surface area contributed by atoms with E-state index in [0.717, 1.165) is 43.1 Å². The van der Waals surface area contributed by atoms with Crippen LogP contribution in [0.25, 0.3) is 11.1 Å². The monoisotopic (exact) mass is 461 g/mol. The number of anilines is 2. The molecule has 1 aromatic carbocycles. The molecule has 2 aromatic heterocycles. The summed E-state index contributed by atoms with van der Waals surface area (Å²) < 4.78 is 19.9. The number of nitrogens with two attached hydrogens (primary N) is 1. The first-order valence-corrected chi connectivity index (χ1v) is 10.7. The summed E-state index contributed by atoms with van der Waals surface area (Å²) in [6, 6.07) is 8.43. The van der Waals surface area contributed by atoms with Crippen LogP contribution in [0.1, 0.15) is 18.6 Å². The van der Waals surface area contributed by atoms with E-state index in [9.17, 15) is 4.39 Å². The highest BCUT2D eigenvalue weighted by molar-refractivity contribution is 6.36. The first kappa shape index (κ1) is 21.6. The van der Waals surface area contributed by atoms with Gasteiger partial charge >= 0.3 is 0 Å². The molecule has 4 rings (SSSR count). The number of aromatic nitrogens is 2. The van der Waals surface area contributed by atoms with Crippen molar-refractivity contribution in [2.75, 3.05) is 36.8 Å². The molecule has 0 unspecified atom stereocenters. The number of halogens is 3. The van der Waals surface area contributed by atoms with E-state index in [1.54, 1.807) is 25.4 Å². The summed E-state index contributed by atoms with van der Waals surface area (Å²) >= 11 is 12.3. The maximum Gasteiger partial charge on any atom is 0.166 e. The Kier molecular flexibility index (Phi) is 6.46. The molecule has 9 heteroatoms. The van der Waals surface area contributed by atoms with Crippen LogP contribution in [-0.4, -0.2) is 36.1 Å². The van der Waals surface area contributed by atoms with Crippen LogP contribution in [-0.2, 0) is 0 Å². The Bertz CT molecular complexity index is 1070. The maximum absolute atomic E-state index is 13.9. The molecule has 6 nitrogen and oxygen atoms in total. The van der Waals surface area contributed by atoms with Crippen molar-refractivity contribution in [3.8, 4) is 16.9 Å². The van der Waals surface area contributed by atoms with Gasteiger partial charge in [0.05, 0.1) is 5.02 Å². The van der Waals surface area contributed by atoms with E-state index in [2.05, 4.69) is 20.2 Å². The Morgan fingerprint density at radius 3 is 2.55 bits per heavy atom. The lowest BCUT2D eigenvalue weighted by Crippen LogP contribution is -2.43. The lowest BCUT2D eigenvalue weighted by Gasteiger charge is -2.28. The van der Waals surface area contributed by atoms with Crippen molar-refractivity contribution in [2.24, 2.45) is 0 Å². The third kappa shape index (κ3) is 4.69. The SMILES string of the molecule is C[C@H](Oc1cc(-c2ccc(N3CCNCC3)nc2)cnc1N)c1c(Cl)ccc(F)c1Cl. The Morgan fingerprint density at radius 1 is 1.10 bits per heavy atom. The zero-order valence-electron chi connectivity index (χ0n) is 16.9. The van der Waals surface area contributed by atoms with Gasteiger partial charge in [-0.2, -0.15) is 0 Å². The standard InChI is InChI=1S/C22H22Cl2FN5O/c1-13(20-16(23)3-4-17(25)21(20)24)31-18-10-15(12-29-22(18)26)14-2-5-19(28-11-14)30-8-6-27-7-9-30/h2-5,10-13,27H,6-9H2,1H3,(H2,26,29)/t13-/m0/s1. The van der Waals surface area contributed by atoms with Crippen LogP contribution < -0.4 is 20.7 Å². The maximum atomic E-state index is 13.9. The Balaban J connectivity index is 1.57. The number of rotatable bonds is 5. The first-order chi connectivity index (χ1) is 14.9. The predicted molar refractivity (Wildman–Crippen MR) is 122 cm³/mol. The van der Waals surface area contributed by atoms with Crippen LogP contribution >= 0.6 is 23.2 Å². The predicted octanol–water partition coefficient (Wildman–Crippen LogP) is 4.72. The third-order valence-corrected chi connectivity index (χ3v) is 5.91. The number of nitrogens with zero attached hydrogens (tertiary/aromatic N) is 3. The second-order valence-electron chi connectivity index (χ2n) is 7.27. The number of hydrogen-bond acceptors (Lipinski definition) is 6. The van der Waals surface area contributed by atoms with Gasteiger partial charge in [0, 0.05) is 60.3 Å². The minimum Gasteiger partial charge on any atom is -0.482 e. The zero-order chi connectivity index (χ0) is 22.0. The molecule has 1 aliphatic heterocycles. The average molecular weight is 462 g/mol. The molecule has 3 aromatic rings. The molecule has 1 saturated heterocycles. The molecule has 0 amide bonds. The van der Waals surface area contributed by atoms with E-state index < -0.39 is 11.9 Å². The van der Waals surface area contributed by atoms with Crippen LogP contribution in [0.15, 0.2) is 42.7 Å². The van der Waals surface area contributed by atoms with Crippen molar-refractivity contribution in [2.45, 2.75) is 13.0 Å². The van der Waals surface area contributed by atoms with Gasteiger partial charge in [-0.15, -0.1) is 0 Å². The molecule has 1 atom stereocenters. The quantitative estimate of drug-likeness (QED) is 0.535. The summed E-state index contributed by atoms with van der Waals surface area (Å²) in [7, 11) is 0. The number of piperazine rings is 1. The molecule has 162 valence electrons. The van der Waals surface area contributed by atoms with Crippen molar-refractivity contribution in [1.29, 1.82) is 0 Å². The van der Waals surface area contributed by atoms with Crippen LogP contribution in [0.5, 0.6) is 5.75 Å². The van der Waals surface area contributed by atoms with Gasteiger partial charge in [-0.05, 0) is 37.3 Å². The van der Waals surface area contributed by atoms with Gasteiger partial charge in [0.2, 0.25) is 0 Å². The fraction of sp³-hybridized carbons (Fsp3) is 0.273. The van der Waals surface area contributed by atoms with Gasteiger partial charge in [-0.1, -0.05) is 23.2 Å². The van der Waals surface area contributed by atoms with Crippen LogP contribution in [0.3, 0.4) is 0 Å². The van der Waals surface area contributed by atoms with Crippen molar-refractivity contribution in [3.05, 3.63) is 64.2 Å². The number of pyridine rings is 2. The molecular formula is C22H22Cl2FN5O. The fourth-order valence-electron chi connectivity index (χ4n) is 3.51.